The number of benzene rings is 2. The molecule has 2 heterocycles. The molecular formula is C21H18ClN5O3. The van der Waals surface area contributed by atoms with Crippen molar-refractivity contribution in [1.82, 2.24) is 19.7 Å². The van der Waals surface area contributed by atoms with E-state index in [0.29, 0.717) is 23.4 Å². The molecule has 0 fully saturated rings. The van der Waals surface area contributed by atoms with Crippen molar-refractivity contribution in [3.8, 4) is 17.2 Å². The van der Waals surface area contributed by atoms with E-state index in [0.717, 1.165) is 22.4 Å². The summed E-state index contributed by atoms with van der Waals surface area (Å²) < 4.78 is 12.2. The number of anilines is 2. The van der Waals surface area contributed by atoms with E-state index in [2.05, 4.69) is 20.5 Å². The quantitative estimate of drug-likeness (QED) is 0.499. The fourth-order valence-corrected chi connectivity index (χ4v) is 3.19. The highest BCUT2D eigenvalue weighted by atomic mass is 35.5. The number of hydrogen-bond donors (Lipinski definition) is 1. The Balaban J connectivity index is 1.74. The van der Waals surface area contributed by atoms with Gasteiger partial charge in [0.15, 0.2) is 0 Å². The summed E-state index contributed by atoms with van der Waals surface area (Å²) in [5.74, 6) is 0.919. The van der Waals surface area contributed by atoms with E-state index < -0.39 is 5.56 Å². The first-order chi connectivity index (χ1) is 14.5. The van der Waals surface area contributed by atoms with E-state index in [1.54, 1.807) is 16.8 Å². The van der Waals surface area contributed by atoms with Gasteiger partial charge in [0.05, 0.1) is 19.9 Å². The Labute approximate surface area is 177 Å². The minimum absolute atomic E-state index is 0.152. The molecule has 1 N–H and O–H groups in total. The molecule has 0 amide bonds. The molecule has 8 nitrogen and oxygen atoms in total. The molecule has 2 aromatic carbocycles. The Morgan fingerprint density at radius 2 is 2.10 bits per heavy atom. The minimum atomic E-state index is -0.465. The smallest absolute Gasteiger partial charge is 0.316 e. The van der Waals surface area contributed by atoms with Crippen LogP contribution in [0.3, 0.4) is 0 Å². The van der Waals surface area contributed by atoms with E-state index in [9.17, 15) is 4.79 Å². The van der Waals surface area contributed by atoms with Crippen LogP contribution < -0.4 is 15.6 Å². The summed E-state index contributed by atoms with van der Waals surface area (Å²) in [6.07, 6.45) is 2.89. The van der Waals surface area contributed by atoms with Crippen molar-refractivity contribution in [2.45, 2.75) is 13.5 Å². The average molecular weight is 424 g/mol. The van der Waals surface area contributed by atoms with E-state index in [4.69, 9.17) is 20.8 Å². The lowest BCUT2D eigenvalue weighted by molar-refractivity contribution is 0.402. The molecule has 9 heteroatoms. The summed E-state index contributed by atoms with van der Waals surface area (Å²) in [6, 6.07) is 13.2. The molecule has 4 rings (SSSR count). The van der Waals surface area contributed by atoms with Crippen LogP contribution in [-0.2, 0) is 6.54 Å². The first-order valence-electron chi connectivity index (χ1n) is 9.07. The number of aromatic nitrogens is 4. The van der Waals surface area contributed by atoms with Gasteiger partial charge in [0.1, 0.15) is 0 Å². The lowest BCUT2D eigenvalue weighted by Crippen LogP contribution is -2.19. The van der Waals surface area contributed by atoms with Crippen LogP contribution in [0.15, 0.2) is 64.3 Å². The Bertz CT molecular complexity index is 1240. The van der Waals surface area contributed by atoms with Crippen LogP contribution in [0.2, 0.25) is 5.02 Å². The van der Waals surface area contributed by atoms with Gasteiger partial charge >= 0.3 is 5.56 Å². The third-order valence-electron chi connectivity index (χ3n) is 4.52. The fraction of sp³-hybridized carbons (Fsp3) is 0.143. The first kappa shape index (κ1) is 19.7. The highest BCUT2D eigenvalue weighted by Crippen LogP contribution is 2.26. The van der Waals surface area contributed by atoms with E-state index in [1.165, 1.54) is 13.5 Å². The van der Waals surface area contributed by atoms with Crippen LogP contribution in [0, 0.1) is 6.92 Å². The van der Waals surface area contributed by atoms with Crippen molar-refractivity contribution in [3.63, 3.8) is 0 Å². The van der Waals surface area contributed by atoms with Crippen LogP contribution in [0.1, 0.15) is 11.1 Å². The summed E-state index contributed by atoms with van der Waals surface area (Å²) in [6.45, 7) is 2.39. The molecule has 0 saturated carbocycles. The van der Waals surface area contributed by atoms with Gasteiger partial charge in [0.2, 0.25) is 24.0 Å². The minimum Gasteiger partial charge on any atom is -0.490 e. The Kier molecular flexibility index (Phi) is 5.49. The number of halogens is 1. The Hall–Kier alpha value is -3.65. The average Bonchev–Trinajstić information content (AvgIpc) is 3.26. The van der Waals surface area contributed by atoms with Crippen LogP contribution in [0.5, 0.6) is 5.75 Å². The third kappa shape index (κ3) is 4.18. The summed E-state index contributed by atoms with van der Waals surface area (Å²) >= 11 is 6.12. The summed E-state index contributed by atoms with van der Waals surface area (Å²) in [5.41, 5.74) is 2.94. The standard InChI is InChI=1S/C21H18ClN5O3/c1-13-6-7-15(20-26-23-12-30-20)9-17(13)24-21-25-19(28)18(29-2)11-27(21)10-14-4-3-5-16(22)8-14/h3-9,11-12H,10H2,1-2H3,(H,24,25,28). The maximum Gasteiger partial charge on any atom is 0.316 e. The number of ether oxygens (including phenoxy) is 1. The van der Waals surface area contributed by atoms with Crippen molar-refractivity contribution in [1.29, 1.82) is 0 Å². The number of nitrogens with one attached hydrogen (secondary N) is 1. The topological polar surface area (TPSA) is 95.1 Å². The molecule has 0 atom stereocenters. The van der Waals surface area contributed by atoms with Crippen molar-refractivity contribution < 1.29 is 9.15 Å². The molecule has 0 aliphatic carbocycles. The van der Waals surface area contributed by atoms with Gasteiger partial charge in [-0.05, 0) is 42.3 Å². The van der Waals surface area contributed by atoms with Gasteiger partial charge in [-0.25, -0.2) is 0 Å². The maximum atomic E-state index is 12.3. The number of methoxy groups -OCH3 is 1. The highest BCUT2D eigenvalue weighted by molar-refractivity contribution is 6.30. The maximum absolute atomic E-state index is 12.3. The largest absolute Gasteiger partial charge is 0.490 e. The predicted molar refractivity (Wildman–Crippen MR) is 113 cm³/mol. The second-order valence-electron chi connectivity index (χ2n) is 6.59. The van der Waals surface area contributed by atoms with Gasteiger partial charge in [-0.2, -0.15) is 4.98 Å². The van der Waals surface area contributed by atoms with E-state index in [-0.39, 0.29) is 5.75 Å². The van der Waals surface area contributed by atoms with Gasteiger partial charge in [-0.1, -0.05) is 29.8 Å². The molecule has 0 bridgehead atoms. The van der Waals surface area contributed by atoms with Crippen molar-refractivity contribution >= 4 is 23.2 Å². The van der Waals surface area contributed by atoms with Crippen LogP contribution >= 0.6 is 11.6 Å². The fourth-order valence-electron chi connectivity index (χ4n) is 2.97. The second kappa shape index (κ2) is 8.38. The van der Waals surface area contributed by atoms with Gasteiger partial charge in [-0.3, -0.25) is 4.79 Å². The Morgan fingerprint density at radius 3 is 2.83 bits per heavy atom. The van der Waals surface area contributed by atoms with Gasteiger partial charge in [-0.15, -0.1) is 10.2 Å². The molecule has 0 aliphatic heterocycles. The van der Waals surface area contributed by atoms with Crippen molar-refractivity contribution in [2.24, 2.45) is 0 Å². The molecule has 4 aromatic rings. The van der Waals surface area contributed by atoms with Crippen LogP contribution in [-0.4, -0.2) is 26.9 Å². The molecule has 152 valence electrons. The first-order valence-corrected chi connectivity index (χ1v) is 9.45. The zero-order valence-electron chi connectivity index (χ0n) is 16.3. The number of hydrogen-bond acceptors (Lipinski definition) is 7. The SMILES string of the molecule is COc1cn(Cc2cccc(Cl)c2)c(Nc2cc(-c3nnco3)ccc2C)nc1=O. The Morgan fingerprint density at radius 1 is 1.23 bits per heavy atom. The van der Waals surface area contributed by atoms with Crippen LogP contribution in [0.25, 0.3) is 11.5 Å². The third-order valence-corrected chi connectivity index (χ3v) is 4.75. The molecule has 0 spiro atoms. The molecule has 0 radical (unpaired) electrons. The predicted octanol–water partition coefficient (Wildman–Crippen LogP) is 4.06. The summed E-state index contributed by atoms with van der Waals surface area (Å²) in [7, 11) is 1.44. The van der Waals surface area contributed by atoms with Gasteiger partial charge in [0.25, 0.3) is 0 Å². The summed E-state index contributed by atoms with van der Waals surface area (Å²) in [4.78, 5) is 16.5. The molecule has 30 heavy (non-hydrogen) atoms. The van der Waals surface area contributed by atoms with E-state index >= 15 is 0 Å². The monoisotopic (exact) mass is 423 g/mol. The molecular weight excluding hydrogens is 406 g/mol. The van der Waals surface area contributed by atoms with Gasteiger partial charge < -0.3 is 19.0 Å². The lowest BCUT2D eigenvalue weighted by Gasteiger charge is -2.17. The number of rotatable bonds is 6. The molecule has 2 aromatic heterocycles. The molecule has 0 aliphatic rings. The van der Waals surface area contributed by atoms with E-state index in [1.807, 2.05) is 43.3 Å². The summed E-state index contributed by atoms with van der Waals surface area (Å²) in [5, 5.41) is 11.5. The molecule has 0 saturated heterocycles. The number of aryl methyl sites for hydroxylation is 1. The lowest BCUT2D eigenvalue weighted by atomic mass is 10.1. The zero-order chi connectivity index (χ0) is 21.1. The van der Waals surface area contributed by atoms with Gasteiger partial charge in [0, 0.05) is 16.3 Å². The van der Waals surface area contributed by atoms with Crippen LogP contribution in [0.4, 0.5) is 11.6 Å². The number of nitrogens with zero attached hydrogens (tertiary/aromatic N) is 4. The highest BCUT2D eigenvalue weighted by Gasteiger charge is 2.13. The second-order valence-corrected chi connectivity index (χ2v) is 7.03. The normalized spacial score (nSPS) is 10.8. The zero-order valence-corrected chi connectivity index (χ0v) is 17.1. The van der Waals surface area contributed by atoms with Crippen molar-refractivity contribution in [3.05, 3.63) is 81.6 Å². The van der Waals surface area contributed by atoms with Crippen molar-refractivity contribution in [2.75, 3.05) is 12.4 Å². The molecule has 0 unspecified atom stereocenters.